The SMILES string of the molecule is Cc1ccccc1SCC(=O)N1CCC[C@H](O)C1. The first kappa shape index (κ1) is 13.4. The van der Waals surface area contributed by atoms with Crippen molar-refractivity contribution in [3.05, 3.63) is 29.8 Å². The molecule has 4 heteroatoms. The molecule has 0 unspecified atom stereocenters. The summed E-state index contributed by atoms with van der Waals surface area (Å²) in [5.74, 6) is 0.583. The number of carbonyl (C=O) groups is 1. The zero-order valence-electron chi connectivity index (χ0n) is 10.6. The Morgan fingerprint density at radius 1 is 1.50 bits per heavy atom. The molecule has 0 aromatic heterocycles. The van der Waals surface area contributed by atoms with Gasteiger partial charge < -0.3 is 10.0 Å². The van der Waals surface area contributed by atoms with E-state index < -0.39 is 0 Å². The smallest absolute Gasteiger partial charge is 0.233 e. The minimum atomic E-state index is -0.342. The Kier molecular flexibility index (Phi) is 4.66. The van der Waals surface area contributed by atoms with Crippen molar-refractivity contribution in [2.45, 2.75) is 30.8 Å². The van der Waals surface area contributed by atoms with Crippen molar-refractivity contribution in [2.24, 2.45) is 0 Å². The molecule has 98 valence electrons. The van der Waals surface area contributed by atoms with Crippen LogP contribution in [0, 0.1) is 6.92 Å². The van der Waals surface area contributed by atoms with Crippen LogP contribution < -0.4 is 0 Å². The monoisotopic (exact) mass is 265 g/mol. The van der Waals surface area contributed by atoms with E-state index in [-0.39, 0.29) is 12.0 Å². The summed E-state index contributed by atoms with van der Waals surface area (Å²) >= 11 is 1.58. The zero-order valence-corrected chi connectivity index (χ0v) is 11.4. The van der Waals surface area contributed by atoms with Crippen LogP contribution in [0.5, 0.6) is 0 Å². The second-order valence-corrected chi connectivity index (χ2v) is 5.71. The number of piperidine rings is 1. The van der Waals surface area contributed by atoms with Crippen LogP contribution in [-0.4, -0.2) is 40.9 Å². The van der Waals surface area contributed by atoms with Gasteiger partial charge in [0, 0.05) is 18.0 Å². The lowest BCUT2D eigenvalue weighted by atomic mass is 10.1. The number of likely N-dealkylation sites (tertiary alicyclic amines) is 1. The summed E-state index contributed by atoms with van der Waals surface area (Å²) in [6.07, 6.45) is 1.38. The van der Waals surface area contributed by atoms with Crippen molar-refractivity contribution in [2.75, 3.05) is 18.8 Å². The van der Waals surface area contributed by atoms with Gasteiger partial charge in [0.1, 0.15) is 0 Å². The summed E-state index contributed by atoms with van der Waals surface area (Å²) in [4.78, 5) is 15.0. The fraction of sp³-hybridized carbons (Fsp3) is 0.500. The third-order valence-electron chi connectivity index (χ3n) is 3.19. The standard InChI is InChI=1S/C14H19NO2S/c1-11-5-2-3-7-13(11)18-10-14(17)15-8-4-6-12(16)9-15/h2-3,5,7,12,16H,4,6,8-10H2,1H3/t12-/m0/s1. The van der Waals surface area contributed by atoms with Crippen LogP contribution in [-0.2, 0) is 4.79 Å². The average molecular weight is 265 g/mol. The van der Waals surface area contributed by atoms with Crippen molar-refractivity contribution in [1.82, 2.24) is 4.90 Å². The first-order chi connectivity index (χ1) is 8.66. The molecule has 0 spiro atoms. The van der Waals surface area contributed by atoms with Crippen molar-refractivity contribution in [3.63, 3.8) is 0 Å². The highest BCUT2D eigenvalue weighted by Crippen LogP contribution is 2.22. The van der Waals surface area contributed by atoms with Crippen LogP contribution in [0.15, 0.2) is 29.2 Å². The lowest BCUT2D eigenvalue weighted by Crippen LogP contribution is -2.42. The maximum Gasteiger partial charge on any atom is 0.233 e. The summed E-state index contributed by atoms with van der Waals surface area (Å²) in [5, 5.41) is 9.56. The van der Waals surface area contributed by atoms with E-state index in [0.717, 1.165) is 24.3 Å². The van der Waals surface area contributed by atoms with Gasteiger partial charge in [-0.25, -0.2) is 0 Å². The fourth-order valence-electron chi connectivity index (χ4n) is 2.13. The van der Waals surface area contributed by atoms with Crippen LogP contribution in [0.25, 0.3) is 0 Å². The topological polar surface area (TPSA) is 40.5 Å². The van der Waals surface area contributed by atoms with Gasteiger partial charge in [-0.3, -0.25) is 4.79 Å². The third kappa shape index (κ3) is 3.50. The number of benzene rings is 1. The number of carbonyl (C=O) groups excluding carboxylic acids is 1. The molecule has 0 bridgehead atoms. The molecule has 1 aromatic carbocycles. The minimum absolute atomic E-state index is 0.127. The van der Waals surface area contributed by atoms with E-state index >= 15 is 0 Å². The van der Waals surface area contributed by atoms with Crippen LogP contribution in [0.4, 0.5) is 0 Å². The second kappa shape index (κ2) is 6.25. The molecule has 1 fully saturated rings. The molecule has 1 aliphatic heterocycles. The van der Waals surface area contributed by atoms with Gasteiger partial charge in [0.15, 0.2) is 0 Å². The number of hydrogen-bond acceptors (Lipinski definition) is 3. The summed E-state index contributed by atoms with van der Waals surface area (Å²) in [6.45, 7) is 3.33. The molecule has 1 atom stereocenters. The Morgan fingerprint density at radius 3 is 3.00 bits per heavy atom. The van der Waals surface area contributed by atoms with Crippen molar-refractivity contribution in [1.29, 1.82) is 0 Å². The van der Waals surface area contributed by atoms with E-state index in [1.54, 1.807) is 16.7 Å². The largest absolute Gasteiger partial charge is 0.391 e. The Labute approximate surface area is 112 Å². The van der Waals surface area contributed by atoms with E-state index in [9.17, 15) is 9.90 Å². The average Bonchev–Trinajstić information content (AvgIpc) is 2.37. The number of aliphatic hydroxyl groups is 1. The van der Waals surface area contributed by atoms with E-state index in [0.29, 0.717) is 12.3 Å². The third-order valence-corrected chi connectivity index (χ3v) is 4.35. The Balaban J connectivity index is 1.86. The van der Waals surface area contributed by atoms with E-state index in [2.05, 4.69) is 13.0 Å². The number of rotatable bonds is 3. The molecular formula is C14H19NO2S. The lowest BCUT2D eigenvalue weighted by Gasteiger charge is -2.30. The van der Waals surface area contributed by atoms with Crippen molar-refractivity contribution in [3.8, 4) is 0 Å². The Bertz CT molecular complexity index is 422. The summed E-state index contributed by atoms with van der Waals surface area (Å²) in [6, 6.07) is 8.09. The first-order valence-electron chi connectivity index (χ1n) is 6.31. The van der Waals surface area contributed by atoms with Crippen LogP contribution in [0.1, 0.15) is 18.4 Å². The molecule has 0 radical (unpaired) electrons. The van der Waals surface area contributed by atoms with Gasteiger partial charge in [-0.15, -0.1) is 11.8 Å². The summed E-state index contributed by atoms with van der Waals surface area (Å²) < 4.78 is 0. The van der Waals surface area contributed by atoms with Gasteiger partial charge in [0.05, 0.1) is 11.9 Å². The Morgan fingerprint density at radius 2 is 2.28 bits per heavy atom. The zero-order chi connectivity index (χ0) is 13.0. The molecule has 1 N–H and O–H groups in total. The van der Waals surface area contributed by atoms with Crippen LogP contribution in [0.2, 0.25) is 0 Å². The maximum atomic E-state index is 12.0. The number of hydrogen-bond donors (Lipinski definition) is 1. The van der Waals surface area contributed by atoms with Crippen molar-refractivity contribution >= 4 is 17.7 Å². The molecule has 1 aliphatic rings. The summed E-state index contributed by atoms with van der Waals surface area (Å²) in [7, 11) is 0. The van der Waals surface area contributed by atoms with E-state index in [1.807, 2.05) is 18.2 Å². The fourth-order valence-corrected chi connectivity index (χ4v) is 3.06. The normalized spacial score (nSPS) is 19.9. The molecule has 1 heterocycles. The van der Waals surface area contributed by atoms with Crippen molar-refractivity contribution < 1.29 is 9.90 Å². The molecule has 2 rings (SSSR count). The molecule has 1 aromatic rings. The lowest BCUT2D eigenvalue weighted by molar-refractivity contribution is -0.131. The predicted molar refractivity (Wildman–Crippen MR) is 73.7 cm³/mol. The second-order valence-electron chi connectivity index (χ2n) is 4.69. The highest BCUT2D eigenvalue weighted by atomic mass is 32.2. The number of thioether (sulfide) groups is 1. The van der Waals surface area contributed by atoms with Crippen LogP contribution >= 0.6 is 11.8 Å². The van der Waals surface area contributed by atoms with Gasteiger partial charge in [0.2, 0.25) is 5.91 Å². The molecule has 18 heavy (non-hydrogen) atoms. The molecule has 1 amide bonds. The molecule has 0 saturated carbocycles. The highest BCUT2D eigenvalue weighted by molar-refractivity contribution is 8.00. The van der Waals surface area contributed by atoms with Gasteiger partial charge in [-0.2, -0.15) is 0 Å². The number of aliphatic hydroxyl groups excluding tert-OH is 1. The minimum Gasteiger partial charge on any atom is -0.391 e. The molecule has 3 nitrogen and oxygen atoms in total. The molecule has 1 saturated heterocycles. The number of nitrogens with zero attached hydrogens (tertiary/aromatic N) is 1. The number of amides is 1. The first-order valence-corrected chi connectivity index (χ1v) is 7.29. The number of aryl methyl sites for hydroxylation is 1. The van der Waals surface area contributed by atoms with Gasteiger partial charge in [-0.05, 0) is 31.4 Å². The van der Waals surface area contributed by atoms with Gasteiger partial charge in [-0.1, -0.05) is 18.2 Å². The summed E-state index contributed by atoms with van der Waals surface area (Å²) in [5.41, 5.74) is 1.20. The van der Waals surface area contributed by atoms with Crippen LogP contribution in [0.3, 0.4) is 0 Å². The molecule has 0 aliphatic carbocycles. The number of β-amino-alcohol motifs (C(OH)–C–C–N with tert-alkyl or cyclic N) is 1. The predicted octanol–water partition coefficient (Wildman–Crippen LogP) is 2.07. The van der Waals surface area contributed by atoms with Gasteiger partial charge >= 0.3 is 0 Å². The van der Waals surface area contributed by atoms with E-state index in [1.165, 1.54) is 5.56 Å². The van der Waals surface area contributed by atoms with E-state index in [4.69, 9.17) is 0 Å². The maximum absolute atomic E-state index is 12.0. The highest BCUT2D eigenvalue weighted by Gasteiger charge is 2.21. The Hall–Kier alpha value is -1.00. The quantitative estimate of drug-likeness (QED) is 0.851. The van der Waals surface area contributed by atoms with Gasteiger partial charge in [0.25, 0.3) is 0 Å². The molecular weight excluding hydrogens is 246 g/mol.